The lowest BCUT2D eigenvalue weighted by atomic mass is 10.1. The Kier molecular flexibility index (Phi) is 9.51. The molecule has 0 saturated carbocycles. The van der Waals surface area contributed by atoms with Crippen LogP contribution >= 0.6 is 0 Å². The second kappa shape index (κ2) is 12.6. The van der Waals surface area contributed by atoms with Gasteiger partial charge in [-0.3, -0.25) is 4.90 Å². The van der Waals surface area contributed by atoms with E-state index in [0.717, 1.165) is 41.4 Å². The molecule has 0 aliphatic heterocycles. The van der Waals surface area contributed by atoms with Crippen molar-refractivity contribution in [3.05, 3.63) is 65.9 Å². The molecule has 3 aromatic rings. The molecule has 0 radical (unpaired) electrons. The van der Waals surface area contributed by atoms with Gasteiger partial charge in [0, 0.05) is 20.2 Å². The van der Waals surface area contributed by atoms with Crippen LogP contribution in [0.5, 0.6) is 17.4 Å². The number of methoxy groups -OCH3 is 2. The highest BCUT2D eigenvalue weighted by Crippen LogP contribution is 2.35. The van der Waals surface area contributed by atoms with E-state index in [0.29, 0.717) is 25.6 Å². The number of hydrogen-bond acceptors (Lipinski definition) is 6. The maximum atomic E-state index is 10.4. The molecule has 0 saturated heterocycles. The third-order valence-electron chi connectivity index (χ3n) is 5.54. The lowest BCUT2D eigenvalue weighted by molar-refractivity contribution is 0.0356. The average molecular weight is 468 g/mol. The number of rotatable bonds is 13. The lowest BCUT2D eigenvalue weighted by Gasteiger charge is -2.25. The molecule has 1 unspecified atom stereocenters. The summed E-state index contributed by atoms with van der Waals surface area (Å²) < 4.78 is 18.8. The number of hydrogen-bond donors (Lipinski definition) is 1. The highest BCUT2D eigenvalue weighted by molar-refractivity contribution is 5.46. The molecule has 0 fully saturated rings. The van der Waals surface area contributed by atoms with Gasteiger partial charge in [-0.25, -0.2) is 4.68 Å². The van der Waals surface area contributed by atoms with Crippen molar-refractivity contribution in [2.75, 3.05) is 33.9 Å². The molecule has 1 aromatic heterocycles. The third-order valence-corrected chi connectivity index (χ3v) is 5.54. The van der Waals surface area contributed by atoms with E-state index in [-0.39, 0.29) is 5.92 Å². The quantitative estimate of drug-likeness (QED) is 0.381. The van der Waals surface area contributed by atoms with Crippen LogP contribution in [0.1, 0.15) is 44.4 Å². The van der Waals surface area contributed by atoms with Crippen molar-refractivity contribution in [1.82, 2.24) is 14.7 Å². The van der Waals surface area contributed by atoms with Crippen LogP contribution in [0.3, 0.4) is 0 Å². The molecule has 1 N–H and O–H groups in total. The number of benzene rings is 2. The highest BCUT2D eigenvalue weighted by Gasteiger charge is 2.25. The summed E-state index contributed by atoms with van der Waals surface area (Å²) in [4.78, 5) is 2.24. The first-order chi connectivity index (χ1) is 16.5. The van der Waals surface area contributed by atoms with Crippen LogP contribution < -0.4 is 9.47 Å². The fraction of sp³-hybridized carbons (Fsp3) is 0.444. The zero-order valence-corrected chi connectivity index (χ0v) is 20.9. The van der Waals surface area contributed by atoms with Crippen LogP contribution in [0.15, 0.2) is 54.6 Å². The summed E-state index contributed by atoms with van der Waals surface area (Å²) in [7, 11) is 3.26. The summed E-state index contributed by atoms with van der Waals surface area (Å²) in [5.74, 6) is 2.41. The first-order valence-corrected chi connectivity index (χ1v) is 11.8. The SMILES string of the molecule is CCCN(Cc1c(C(C)C)nn(-c2ccc(OC)cc2)c1Oc1ccccc1)CC(O)COC. The minimum atomic E-state index is -0.561. The Morgan fingerprint density at radius 1 is 1.00 bits per heavy atom. The molecular formula is C27H37N3O4. The molecule has 0 aliphatic rings. The van der Waals surface area contributed by atoms with Gasteiger partial charge in [0.1, 0.15) is 11.5 Å². The number of aromatic nitrogens is 2. The van der Waals surface area contributed by atoms with Crippen LogP contribution in [0, 0.1) is 0 Å². The van der Waals surface area contributed by atoms with Gasteiger partial charge < -0.3 is 19.3 Å². The van der Waals surface area contributed by atoms with Crippen molar-refractivity contribution >= 4 is 0 Å². The van der Waals surface area contributed by atoms with Crippen molar-refractivity contribution in [2.45, 2.75) is 45.8 Å². The van der Waals surface area contributed by atoms with Gasteiger partial charge in [0.05, 0.1) is 36.8 Å². The van der Waals surface area contributed by atoms with E-state index in [2.05, 4.69) is 25.7 Å². The Bertz CT molecular complexity index is 1000. The van der Waals surface area contributed by atoms with E-state index in [1.165, 1.54) is 0 Å². The predicted octanol–water partition coefficient (Wildman–Crippen LogP) is 5.02. The molecule has 184 valence electrons. The van der Waals surface area contributed by atoms with Crippen LogP contribution in [0.4, 0.5) is 0 Å². The van der Waals surface area contributed by atoms with Gasteiger partial charge in [-0.05, 0) is 55.3 Å². The summed E-state index contributed by atoms with van der Waals surface area (Å²) in [6.45, 7) is 8.69. The zero-order chi connectivity index (χ0) is 24.5. The standard InChI is InChI=1S/C27H37N3O4/c1-6-16-29(17-22(31)19-32-4)18-25-26(20(2)3)28-30(21-12-14-23(33-5)15-13-21)27(25)34-24-10-8-7-9-11-24/h7-15,20,22,31H,6,16-19H2,1-5H3. The second-order valence-corrected chi connectivity index (χ2v) is 8.69. The van der Waals surface area contributed by atoms with Crippen molar-refractivity contribution in [3.63, 3.8) is 0 Å². The maximum Gasteiger partial charge on any atom is 0.227 e. The lowest BCUT2D eigenvalue weighted by Crippen LogP contribution is -2.35. The van der Waals surface area contributed by atoms with Gasteiger partial charge in [0.15, 0.2) is 0 Å². The van der Waals surface area contributed by atoms with Crippen molar-refractivity contribution in [2.24, 2.45) is 0 Å². The molecule has 3 rings (SSSR count). The monoisotopic (exact) mass is 467 g/mol. The molecule has 0 amide bonds. The van der Waals surface area contributed by atoms with Crippen LogP contribution in [0.2, 0.25) is 0 Å². The summed E-state index contributed by atoms with van der Waals surface area (Å²) in [5, 5.41) is 15.4. The fourth-order valence-electron chi connectivity index (χ4n) is 3.98. The van der Waals surface area contributed by atoms with Crippen LogP contribution in [-0.2, 0) is 11.3 Å². The minimum absolute atomic E-state index is 0.194. The zero-order valence-electron chi connectivity index (χ0n) is 20.9. The van der Waals surface area contributed by atoms with Gasteiger partial charge in [-0.1, -0.05) is 39.0 Å². The molecule has 7 nitrogen and oxygen atoms in total. The molecule has 1 atom stereocenters. The maximum absolute atomic E-state index is 10.4. The molecule has 7 heteroatoms. The smallest absolute Gasteiger partial charge is 0.227 e. The Hall–Kier alpha value is -2.87. The van der Waals surface area contributed by atoms with Gasteiger partial charge in [0.2, 0.25) is 5.88 Å². The van der Waals surface area contributed by atoms with E-state index < -0.39 is 6.10 Å². The summed E-state index contributed by atoms with van der Waals surface area (Å²) in [5.41, 5.74) is 2.89. The fourth-order valence-corrected chi connectivity index (χ4v) is 3.98. The number of para-hydroxylation sites is 1. The van der Waals surface area contributed by atoms with Gasteiger partial charge in [0.25, 0.3) is 0 Å². The largest absolute Gasteiger partial charge is 0.497 e. The van der Waals surface area contributed by atoms with E-state index >= 15 is 0 Å². The van der Waals surface area contributed by atoms with Gasteiger partial charge >= 0.3 is 0 Å². The number of ether oxygens (including phenoxy) is 3. The third kappa shape index (κ3) is 6.59. The first kappa shape index (κ1) is 25.7. The van der Waals surface area contributed by atoms with E-state index in [4.69, 9.17) is 19.3 Å². The Morgan fingerprint density at radius 2 is 1.71 bits per heavy atom. The molecule has 0 aliphatic carbocycles. The summed E-state index contributed by atoms with van der Waals surface area (Å²) >= 11 is 0. The summed E-state index contributed by atoms with van der Waals surface area (Å²) in [6.07, 6.45) is 0.409. The normalized spacial score (nSPS) is 12.4. The Labute approximate surface area is 202 Å². The van der Waals surface area contributed by atoms with E-state index in [1.807, 2.05) is 59.3 Å². The second-order valence-electron chi connectivity index (χ2n) is 8.69. The number of aliphatic hydroxyl groups is 1. The van der Waals surface area contributed by atoms with E-state index in [1.54, 1.807) is 14.2 Å². The topological polar surface area (TPSA) is 69.0 Å². The average Bonchev–Trinajstić information content (AvgIpc) is 3.18. The van der Waals surface area contributed by atoms with E-state index in [9.17, 15) is 5.11 Å². The first-order valence-electron chi connectivity index (χ1n) is 11.8. The minimum Gasteiger partial charge on any atom is -0.497 e. The predicted molar refractivity (Wildman–Crippen MR) is 134 cm³/mol. The van der Waals surface area contributed by atoms with Crippen molar-refractivity contribution < 1.29 is 19.3 Å². The van der Waals surface area contributed by atoms with Gasteiger partial charge in [-0.15, -0.1) is 0 Å². The van der Waals surface area contributed by atoms with Crippen LogP contribution in [0.25, 0.3) is 5.69 Å². The number of nitrogens with zero attached hydrogens (tertiary/aromatic N) is 3. The van der Waals surface area contributed by atoms with Crippen molar-refractivity contribution in [1.29, 1.82) is 0 Å². The molecule has 0 spiro atoms. The Morgan fingerprint density at radius 3 is 2.29 bits per heavy atom. The molecular weight excluding hydrogens is 430 g/mol. The van der Waals surface area contributed by atoms with Crippen LogP contribution in [-0.4, -0.2) is 59.8 Å². The molecule has 0 bridgehead atoms. The van der Waals surface area contributed by atoms with Crippen molar-refractivity contribution in [3.8, 4) is 23.1 Å². The Balaban J connectivity index is 2.08. The molecule has 2 aromatic carbocycles. The molecule has 34 heavy (non-hydrogen) atoms. The van der Waals surface area contributed by atoms with Gasteiger partial charge in [-0.2, -0.15) is 5.10 Å². The molecule has 1 heterocycles. The highest BCUT2D eigenvalue weighted by atomic mass is 16.5. The number of aliphatic hydroxyl groups excluding tert-OH is 1. The summed E-state index contributed by atoms with van der Waals surface area (Å²) in [6, 6.07) is 17.5.